The molecular weight excluding hydrogens is 1070 g/mol. The third-order valence-corrected chi connectivity index (χ3v) is 19.3. The normalized spacial score (nSPS) is 12.5. The van der Waals surface area contributed by atoms with E-state index in [4.69, 9.17) is 4.74 Å². The molecule has 0 aliphatic heterocycles. The first-order chi connectivity index (χ1) is 43.0. The van der Waals surface area contributed by atoms with Gasteiger partial charge in [0.2, 0.25) is 5.91 Å². The second kappa shape index (κ2) is 77.1. The molecule has 0 saturated carbocycles. The Hall–Kier alpha value is -1.40. The highest BCUT2D eigenvalue weighted by molar-refractivity contribution is 5.76. The largest absolute Gasteiger partial charge is 0.466 e. The van der Waals surface area contributed by atoms with Crippen molar-refractivity contribution < 1.29 is 24.5 Å². The smallest absolute Gasteiger partial charge is 0.305 e. The lowest BCUT2D eigenvalue weighted by Gasteiger charge is -2.22. The summed E-state index contributed by atoms with van der Waals surface area (Å²) in [5, 5.41) is 23.5. The molecule has 0 aromatic carbocycles. The Kier molecular flexibility index (Phi) is 75.8. The lowest BCUT2D eigenvalue weighted by molar-refractivity contribution is -0.143. The molecule has 0 aliphatic carbocycles. The van der Waals surface area contributed by atoms with Crippen LogP contribution in [0.1, 0.15) is 470 Å². The maximum Gasteiger partial charge on any atom is 0.305 e. The Morgan fingerprint density at radius 3 is 0.816 bits per heavy atom. The number of amides is 1. The van der Waals surface area contributed by atoms with Gasteiger partial charge in [-0.05, 0) is 51.4 Å². The molecule has 2 unspecified atom stereocenters. The predicted octanol–water partition coefficient (Wildman–Crippen LogP) is 26.7. The number of aliphatic hydroxyl groups is 2. The standard InChI is InChI=1S/C81H159NO5/c1-3-5-7-9-11-13-15-17-19-21-23-24-25-31-34-38-41-45-49-53-57-61-65-69-73-79(84)78(77-83)82-80(85)74-70-66-62-58-54-50-46-42-39-35-32-29-27-26-28-30-33-36-40-44-48-52-56-60-64-68-72-76-87-81(86)75-71-67-63-59-55-51-47-43-37-22-20-18-16-14-12-10-8-6-4-2/h18,20,78-79,83-84H,3-17,19,21-77H2,1-2H3,(H,82,85)/b20-18-. The summed E-state index contributed by atoms with van der Waals surface area (Å²) in [6.45, 7) is 5.01. The molecular formula is C81H159NO5. The average Bonchev–Trinajstić information content (AvgIpc) is 3.58. The van der Waals surface area contributed by atoms with Crippen LogP contribution in [-0.2, 0) is 14.3 Å². The van der Waals surface area contributed by atoms with E-state index in [1.54, 1.807) is 0 Å². The number of allylic oxidation sites excluding steroid dienone is 2. The minimum Gasteiger partial charge on any atom is -0.466 e. The monoisotopic (exact) mass is 1230 g/mol. The summed E-state index contributed by atoms with van der Waals surface area (Å²) in [5.74, 6) is -0.00669. The van der Waals surface area contributed by atoms with E-state index in [1.807, 2.05) is 0 Å². The Morgan fingerprint density at radius 2 is 0.540 bits per heavy atom. The van der Waals surface area contributed by atoms with Crippen LogP contribution in [-0.4, -0.2) is 47.4 Å². The summed E-state index contributed by atoms with van der Waals surface area (Å²) in [6.07, 6.45) is 97.3. The molecule has 0 rings (SSSR count). The zero-order valence-corrected chi connectivity index (χ0v) is 59.5. The summed E-state index contributed by atoms with van der Waals surface area (Å²) in [7, 11) is 0. The van der Waals surface area contributed by atoms with Gasteiger partial charge in [0.15, 0.2) is 0 Å². The molecule has 6 nitrogen and oxygen atoms in total. The fraction of sp³-hybridized carbons (Fsp3) is 0.951. The first-order valence-corrected chi connectivity index (χ1v) is 40.4. The Morgan fingerprint density at radius 1 is 0.310 bits per heavy atom. The zero-order valence-electron chi connectivity index (χ0n) is 59.5. The number of hydrogen-bond acceptors (Lipinski definition) is 5. The SMILES string of the molecule is CCCCCCCC/C=C\CCCCCCCCCCCC(=O)OCCCCCCCCCCCCCCCCCCCCCCCCCCCCCC(=O)NC(CO)C(O)CCCCCCCCCCCCCCCCCCCCCCCCCC. The summed E-state index contributed by atoms with van der Waals surface area (Å²) < 4.78 is 5.52. The van der Waals surface area contributed by atoms with Gasteiger partial charge >= 0.3 is 5.97 Å². The van der Waals surface area contributed by atoms with E-state index >= 15 is 0 Å². The predicted molar refractivity (Wildman–Crippen MR) is 384 cm³/mol. The molecule has 2 atom stereocenters. The Bertz CT molecular complexity index is 1320. The Balaban J connectivity index is 3.34. The molecule has 0 aromatic rings. The van der Waals surface area contributed by atoms with Gasteiger partial charge in [-0.2, -0.15) is 0 Å². The van der Waals surface area contributed by atoms with Gasteiger partial charge in [-0.1, -0.05) is 418 Å². The molecule has 0 spiro atoms. The molecule has 3 N–H and O–H groups in total. The highest BCUT2D eigenvalue weighted by Crippen LogP contribution is 2.20. The first kappa shape index (κ1) is 85.6. The van der Waals surface area contributed by atoms with Crippen LogP contribution in [0.2, 0.25) is 0 Å². The van der Waals surface area contributed by atoms with Crippen LogP contribution in [0.3, 0.4) is 0 Å². The van der Waals surface area contributed by atoms with Crippen LogP contribution in [0.5, 0.6) is 0 Å². The summed E-state index contributed by atoms with van der Waals surface area (Å²) in [5.41, 5.74) is 0. The maximum absolute atomic E-state index is 12.6. The van der Waals surface area contributed by atoms with Crippen molar-refractivity contribution in [1.29, 1.82) is 0 Å². The number of hydrogen-bond donors (Lipinski definition) is 3. The molecule has 0 aliphatic rings. The van der Waals surface area contributed by atoms with Crippen molar-refractivity contribution in [2.24, 2.45) is 0 Å². The number of carbonyl (C=O) groups is 2. The van der Waals surface area contributed by atoms with Crippen molar-refractivity contribution in [3.63, 3.8) is 0 Å². The molecule has 1 amide bonds. The van der Waals surface area contributed by atoms with Gasteiger partial charge in [-0.15, -0.1) is 0 Å². The van der Waals surface area contributed by atoms with Gasteiger partial charge < -0.3 is 20.3 Å². The van der Waals surface area contributed by atoms with Gasteiger partial charge in [0.1, 0.15) is 0 Å². The molecule has 0 fully saturated rings. The number of ether oxygens (including phenoxy) is 1. The minimum atomic E-state index is -0.664. The molecule has 87 heavy (non-hydrogen) atoms. The van der Waals surface area contributed by atoms with Crippen molar-refractivity contribution in [3.05, 3.63) is 12.2 Å². The number of unbranched alkanes of at least 4 members (excludes halogenated alkanes) is 64. The molecule has 0 aromatic heterocycles. The molecule has 0 bridgehead atoms. The minimum absolute atomic E-state index is 0.0193. The first-order valence-electron chi connectivity index (χ1n) is 40.4. The van der Waals surface area contributed by atoms with E-state index in [0.29, 0.717) is 25.9 Å². The second-order valence-electron chi connectivity index (χ2n) is 28.1. The van der Waals surface area contributed by atoms with E-state index in [2.05, 4.69) is 31.3 Å². The summed E-state index contributed by atoms with van der Waals surface area (Å²) in [4.78, 5) is 24.7. The Labute approximate surface area is 546 Å². The number of carbonyl (C=O) groups excluding carboxylic acids is 2. The fourth-order valence-corrected chi connectivity index (χ4v) is 13.2. The van der Waals surface area contributed by atoms with Crippen LogP contribution in [0.25, 0.3) is 0 Å². The molecule has 0 radical (unpaired) electrons. The van der Waals surface area contributed by atoms with Gasteiger partial charge in [0.05, 0.1) is 25.4 Å². The van der Waals surface area contributed by atoms with Crippen LogP contribution in [0, 0.1) is 0 Å². The van der Waals surface area contributed by atoms with E-state index in [0.717, 1.165) is 38.5 Å². The molecule has 518 valence electrons. The molecule has 0 heterocycles. The number of rotatable bonds is 77. The average molecular weight is 1230 g/mol. The van der Waals surface area contributed by atoms with Crippen LogP contribution < -0.4 is 5.32 Å². The molecule has 6 heteroatoms. The number of esters is 1. The third kappa shape index (κ3) is 73.5. The number of aliphatic hydroxyl groups excluding tert-OH is 2. The third-order valence-electron chi connectivity index (χ3n) is 19.3. The lowest BCUT2D eigenvalue weighted by atomic mass is 10.0. The highest BCUT2D eigenvalue weighted by atomic mass is 16.5. The molecule has 0 saturated heterocycles. The summed E-state index contributed by atoms with van der Waals surface area (Å²) >= 11 is 0. The van der Waals surface area contributed by atoms with Crippen molar-refractivity contribution in [1.82, 2.24) is 5.32 Å². The van der Waals surface area contributed by atoms with Crippen molar-refractivity contribution in [2.45, 2.75) is 482 Å². The van der Waals surface area contributed by atoms with Gasteiger partial charge in [-0.3, -0.25) is 9.59 Å². The van der Waals surface area contributed by atoms with Gasteiger partial charge in [-0.25, -0.2) is 0 Å². The maximum atomic E-state index is 12.6. The van der Waals surface area contributed by atoms with Gasteiger partial charge in [0.25, 0.3) is 0 Å². The zero-order chi connectivity index (χ0) is 62.8. The highest BCUT2D eigenvalue weighted by Gasteiger charge is 2.20. The van der Waals surface area contributed by atoms with E-state index < -0.39 is 12.1 Å². The van der Waals surface area contributed by atoms with Crippen molar-refractivity contribution >= 4 is 11.9 Å². The van der Waals surface area contributed by atoms with Crippen molar-refractivity contribution in [2.75, 3.05) is 13.2 Å². The van der Waals surface area contributed by atoms with Crippen LogP contribution in [0.15, 0.2) is 12.2 Å². The lowest BCUT2D eigenvalue weighted by Crippen LogP contribution is -2.45. The quantitative estimate of drug-likeness (QED) is 0.0320. The summed E-state index contributed by atoms with van der Waals surface area (Å²) in [6, 6.07) is -0.540. The fourth-order valence-electron chi connectivity index (χ4n) is 13.2. The van der Waals surface area contributed by atoms with Gasteiger partial charge in [0, 0.05) is 12.8 Å². The van der Waals surface area contributed by atoms with E-state index in [1.165, 1.54) is 398 Å². The van der Waals surface area contributed by atoms with Crippen LogP contribution >= 0.6 is 0 Å². The number of nitrogens with one attached hydrogen (secondary N) is 1. The van der Waals surface area contributed by atoms with E-state index in [9.17, 15) is 19.8 Å². The topological polar surface area (TPSA) is 95.9 Å². The van der Waals surface area contributed by atoms with E-state index in [-0.39, 0.29) is 18.5 Å². The van der Waals surface area contributed by atoms with Crippen LogP contribution in [0.4, 0.5) is 0 Å². The van der Waals surface area contributed by atoms with Crippen molar-refractivity contribution in [3.8, 4) is 0 Å². The second-order valence-corrected chi connectivity index (χ2v) is 28.1.